The quantitative estimate of drug-likeness (QED) is 0.471. The molecule has 0 saturated carbocycles. The first-order chi connectivity index (χ1) is 10.1. The molecule has 0 amide bonds. The van der Waals surface area contributed by atoms with E-state index in [0.29, 0.717) is 5.75 Å². The topological polar surface area (TPSA) is 43.4 Å². The molecule has 0 aliphatic carbocycles. The fraction of sp³-hybridized carbons (Fsp3) is 0.111. The summed E-state index contributed by atoms with van der Waals surface area (Å²) in [6, 6.07) is 16.7. The summed E-state index contributed by atoms with van der Waals surface area (Å²) in [5.74, 6) is 0.999. The van der Waals surface area contributed by atoms with Crippen molar-refractivity contribution in [1.82, 2.24) is 0 Å². The summed E-state index contributed by atoms with van der Waals surface area (Å²) < 4.78 is 5.68. The van der Waals surface area contributed by atoms with Crippen molar-refractivity contribution in [2.75, 3.05) is 0 Å². The number of Topliss-reactive ketones (excluding diaryl/α,β-unsaturated/α-hetero) is 2. The zero-order valence-electron chi connectivity index (χ0n) is 12.0. The standard InChI is InChI=1S/C18H16O3/c1-13(19)18(14(2)20)12-15-8-10-17(11-9-15)21-16-6-4-3-5-7-16/h3-12H,1-2H3. The van der Waals surface area contributed by atoms with Crippen molar-refractivity contribution < 1.29 is 14.3 Å². The largest absolute Gasteiger partial charge is 0.457 e. The van der Waals surface area contributed by atoms with E-state index in [1.165, 1.54) is 13.8 Å². The molecule has 106 valence electrons. The molecule has 0 aliphatic heterocycles. The van der Waals surface area contributed by atoms with Gasteiger partial charge in [0.15, 0.2) is 11.6 Å². The predicted molar refractivity (Wildman–Crippen MR) is 82.3 cm³/mol. The number of benzene rings is 2. The number of hydrogen-bond acceptors (Lipinski definition) is 3. The second-order valence-corrected chi connectivity index (χ2v) is 4.65. The summed E-state index contributed by atoms with van der Waals surface area (Å²) >= 11 is 0. The Hall–Kier alpha value is -2.68. The molecule has 0 saturated heterocycles. The van der Waals surface area contributed by atoms with Gasteiger partial charge in [0.2, 0.25) is 0 Å². The minimum Gasteiger partial charge on any atom is -0.457 e. The summed E-state index contributed by atoms with van der Waals surface area (Å²) in [5.41, 5.74) is 0.988. The Morgan fingerprint density at radius 1 is 0.810 bits per heavy atom. The molecule has 2 rings (SSSR count). The van der Waals surface area contributed by atoms with E-state index in [2.05, 4.69) is 0 Å². The SMILES string of the molecule is CC(=O)C(=Cc1ccc(Oc2ccccc2)cc1)C(C)=O. The molecule has 21 heavy (non-hydrogen) atoms. The van der Waals surface area contributed by atoms with Crippen LogP contribution < -0.4 is 4.74 Å². The molecule has 0 spiro atoms. The van der Waals surface area contributed by atoms with Crippen LogP contribution in [0.4, 0.5) is 0 Å². The first kappa shape index (κ1) is 14.7. The smallest absolute Gasteiger partial charge is 0.163 e. The highest BCUT2D eigenvalue weighted by Gasteiger charge is 2.09. The molecule has 2 aromatic rings. The fourth-order valence-electron chi connectivity index (χ4n) is 1.87. The summed E-state index contributed by atoms with van der Waals surface area (Å²) in [6.07, 6.45) is 1.59. The summed E-state index contributed by atoms with van der Waals surface area (Å²) in [5, 5.41) is 0. The van der Waals surface area contributed by atoms with E-state index in [9.17, 15) is 9.59 Å². The van der Waals surface area contributed by atoms with Crippen molar-refractivity contribution in [1.29, 1.82) is 0 Å². The number of hydrogen-bond donors (Lipinski definition) is 0. The number of para-hydroxylation sites is 1. The van der Waals surface area contributed by atoms with E-state index in [1.807, 2.05) is 42.5 Å². The third-order valence-corrected chi connectivity index (χ3v) is 2.93. The normalized spacial score (nSPS) is 9.81. The zero-order chi connectivity index (χ0) is 15.2. The molecule has 2 aromatic carbocycles. The Morgan fingerprint density at radius 2 is 1.33 bits per heavy atom. The van der Waals surface area contributed by atoms with Crippen LogP contribution >= 0.6 is 0 Å². The van der Waals surface area contributed by atoms with Gasteiger partial charge in [0, 0.05) is 0 Å². The molecule has 0 unspecified atom stereocenters. The summed E-state index contributed by atoms with van der Waals surface area (Å²) in [4.78, 5) is 22.8. The van der Waals surface area contributed by atoms with E-state index in [-0.39, 0.29) is 17.1 Å². The minimum atomic E-state index is -0.230. The van der Waals surface area contributed by atoms with Crippen LogP contribution in [0.15, 0.2) is 60.2 Å². The van der Waals surface area contributed by atoms with E-state index >= 15 is 0 Å². The van der Waals surface area contributed by atoms with Crippen LogP contribution in [0.3, 0.4) is 0 Å². The van der Waals surface area contributed by atoms with Gasteiger partial charge >= 0.3 is 0 Å². The van der Waals surface area contributed by atoms with E-state index in [1.54, 1.807) is 18.2 Å². The Balaban J connectivity index is 2.17. The zero-order valence-corrected chi connectivity index (χ0v) is 12.0. The van der Waals surface area contributed by atoms with Gasteiger partial charge in [-0.3, -0.25) is 9.59 Å². The number of carbonyl (C=O) groups excluding carboxylic acids is 2. The molecule has 0 atom stereocenters. The van der Waals surface area contributed by atoms with Gasteiger partial charge in [-0.25, -0.2) is 0 Å². The average Bonchev–Trinajstić information content (AvgIpc) is 2.47. The van der Waals surface area contributed by atoms with Crippen LogP contribution in [-0.2, 0) is 9.59 Å². The highest BCUT2D eigenvalue weighted by atomic mass is 16.5. The molecule has 0 radical (unpaired) electrons. The molecular formula is C18H16O3. The van der Waals surface area contributed by atoms with Gasteiger partial charge in [-0.2, -0.15) is 0 Å². The van der Waals surface area contributed by atoms with Gasteiger partial charge in [-0.05, 0) is 49.8 Å². The van der Waals surface area contributed by atoms with Crippen LogP contribution in [0, 0.1) is 0 Å². The number of ether oxygens (including phenoxy) is 1. The van der Waals surface area contributed by atoms with Crippen LogP contribution in [0.25, 0.3) is 6.08 Å². The maximum absolute atomic E-state index is 11.4. The lowest BCUT2D eigenvalue weighted by Crippen LogP contribution is -2.05. The second kappa shape index (κ2) is 6.66. The van der Waals surface area contributed by atoms with Gasteiger partial charge in [-0.1, -0.05) is 30.3 Å². The Morgan fingerprint density at radius 3 is 1.86 bits per heavy atom. The Labute approximate surface area is 123 Å². The van der Waals surface area contributed by atoms with E-state index in [4.69, 9.17) is 4.74 Å². The van der Waals surface area contributed by atoms with Crippen molar-refractivity contribution in [3.05, 3.63) is 65.7 Å². The molecule has 3 nitrogen and oxygen atoms in total. The van der Waals surface area contributed by atoms with Gasteiger partial charge < -0.3 is 4.74 Å². The maximum Gasteiger partial charge on any atom is 0.163 e. The highest BCUT2D eigenvalue weighted by Crippen LogP contribution is 2.22. The first-order valence-electron chi connectivity index (χ1n) is 6.63. The molecule has 3 heteroatoms. The molecule has 0 aliphatic rings. The average molecular weight is 280 g/mol. The van der Waals surface area contributed by atoms with Crippen molar-refractivity contribution in [2.24, 2.45) is 0 Å². The minimum absolute atomic E-state index is 0.201. The van der Waals surface area contributed by atoms with Crippen molar-refractivity contribution in [3.8, 4) is 11.5 Å². The van der Waals surface area contributed by atoms with Gasteiger partial charge in [0.25, 0.3) is 0 Å². The molecule has 0 bridgehead atoms. The number of ketones is 2. The fourth-order valence-corrected chi connectivity index (χ4v) is 1.87. The first-order valence-corrected chi connectivity index (χ1v) is 6.63. The van der Waals surface area contributed by atoms with Gasteiger partial charge in [0.05, 0.1) is 5.57 Å². The van der Waals surface area contributed by atoms with Crippen LogP contribution in [0.1, 0.15) is 19.4 Å². The molecular weight excluding hydrogens is 264 g/mol. The molecule has 0 heterocycles. The summed E-state index contributed by atoms with van der Waals surface area (Å²) in [6.45, 7) is 2.78. The van der Waals surface area contributed by atoms with E-state index in [0.717, 1.165) is 11.3 Å². The monoisotopic (exact) mass is 280 g/mol. The predicted octanol–water partition coefficient (Wildman–Crippen LogP) is 4.04. The Kier molecular flexibility index (Phi) is 4.67. The highest BCUT2D eigenvalue weighted by molar-refractivity contribution is 6.21. The van der Waals surface area contributed by atoms with Crippen LogP contribution in [0.5, 0.6) is 11.5 Å². The molecule has 0 fully saturated rings. The number of rotatable bonds is 5. The number of allylic oxidation sites excluding steroid dienone is 1. The summed E-state index contributed by atoms with van der Waals surface area (Å²) in [7, 11) is 0. The molecule has 0 aromatic heterocycles. The van der Waals surface area contributed by atoms with Gasteiger partial charge in [0.1, 0.15) is 11.5 Å². The number of carbonyl (C=O) groups is 2. The lowest BCUT2D eigenvalue weighted by atomic mass is 10.0. The lowest BCUT2D eigenvalue weighted by Gasteiger charge is -2.05. The second-order valence-electron chi connectivity index (χ2n) is 4.65. The van der Waals surface area contributed by atoms with Crippen molar-refractivity contribution in [2.45, 2.75) is 13.8 Å². The van der Waals surface area contributed by atoms with Crippen molar-refractivity contribution >= 4 is 17.6 Å². The lowest BCUT2D eigenvalue weighted by molar-refractivity contribution is -0.119. The van der Waals surface area contributed by atoms with Crippen LogP contribution in [0.2, 0.25) is 0 Å². The Bertz CT molecular complexity index is 651. The maximum atomic E-state index is 11.4. The third-order valence-electron chi connectivity index (χ3n) is 2.93. The van der Waals surface area contributed by atoms with Gasteiger partial charge in [-0.15, -0.1) is 0 Å². The van der Waals surface area contributed by atoms with E-state index < -0.39 is 0 Å². The third kappa shape index (κ3) is 4.14. The molecule has 0 N–H and O–H groups in total. The van der Waals surface area contributed by atoms with Crippen LogP contribution in [-0.4, -0.2) is 11.6 Å². The van der Waals surface area contributed by atoms with Crippen molar-refractivity contribution in [3.63, 3.8) is 0 Å².